The molecule has 0 atom stereocenters. The van der Waals surface area contributed by atoms with Gasteiger partial charge in [0.1, 0.15) is 25.9 Å². The van der Waals surface area contributed by atoms with Gasteiger partial charge in [-0.1, -0.05) is 12.1 Å². The summed E-state index contributed by atoms with van der Waals surface area (Å²) >= 11 is 0. The molecule has 0 spiro atoms. The van der Waals surface area contributed by atoms with E-state index in [4.69, 9.17) is 5.73 Å². The van der Waals surface area contributed by atoms with Crippen molar-refractivity contribution in [3.8, 4) is 0 Å². The normalized spacial score (nSPS) is 12.1. The Labute approximate surface area is 347 Å². The number of fused-ring (bicyclic) bond motifs is 1. The molecule has 4 rings (SSSR count). The van der Waals surface area contributed by atoms with Gasteiger partial charge < -0.3 is 24.7 Å². The summed E-state index contributed by atoms with van der Waals surface area (Å²) in [5, 5.41) is 9.81. The van der Waals surface area contributed by atoms with E-state index in [2.05, 4.69) is 19.7 Å². The summed E-state index contributed by atoms with van der Waals surface area (Å²) in [6.07, 6.45) is 0. The third kappa shape index (κ3) is 12.4. The van der Waals surface area contributed by atoms with Crippen LogP contribution in [0.15, 0.2) is 97.7 Å². The molecular weight excluding hydrogens is 762 g/mol. The smallest absolute Gasteiger partial charge is 0.744 e. The molecular formula is C25H19N4Na3O13S4. The van der Waals surface area contributed by atoms with E-state index in [1.54, 1.807) is 0 Å². The van der Waals surface area contributed by atoms with E-state index < -0.39 is 68.5 Å². The number of nitrogen functional groups attached to an aromatic ring is 1. The van der Waals surface area contributed by atoms with Gasteiger partial charge in [-0.3, -0.25) is 8.98 Å². The monoisotopic (exact) mass is 780 g/mol. The van der Waals surface area contributed by atoms with Gasteiger partial charge in [0.05, 0.1) is 38.4 Å². The van der Waals surface area contributed by atoms with Gasteiger partial charge in [0.15, 0.2) is 9.84 Å². The van der Waals surface area contributed by atoms with Gasteiger partial charge in [0, 0.05) is 22.0 Å². The number of nitrogens with one attached hydrogen (secondary N) is 1. The topological polar surface area (TPSA) is 295 Å². The summed E-state index contributed by atoms with van der Waals surface area (Å²) in [6.45, 7) is -0.876. The zero-order chi connectivity index (χ0) is 34.1. The van der Waals surface area contributed by atoms with Crippen LogP contribution in [0.4, 0.5) is 22.7 Å². The Bertz CT molecular complexity index is 2340. The van der Waals surface area contributed by atoms with E-state index in [9.17, 15) is 52.1 Å². The number of carbonyl (C=O) groups is 1. The molecule has 49 heavy (non-hydrogen) atoms. The Morgan fingerprint density at radius 1 is 0.735 bits per heavy atom. The quantitative estimate of drug-likeness (QED) is 0.0470. The number of amides is 1. The van der Waals surface area contributed by atoms with Gasteiger partial charge in [-0.25, -0.2) is 33.7 Å². The second kappa shape index (κ2) is 17.9. The second-order valence-corrected chi connectivity index (χ2v) is 15.1. The van der Waals surface area contributed by atoms with Gasteiger partial charge in [-0.2, -0.15) is 5.11 Å². The number of hydrogen-bond acceptors (Lipinski definition) is 16. The minimum atomic E-state index is -5.13. The van der Waals surface area contributed by atoms with Crippen LogP contribution in [-0.4, -0.2) is 65.6 Å². The first-order chi connectivity index (χ1) is 21.2. The standard InChI is InChI=1S/C25H22N4O13S4.3Na/c26-24-21-13-19(44(33,34)35)8-9-20(21)23(45(36,37)38)14-22(24)29-28-17-3-1-2-15(12-17)25(30)27-16-4-6-18(7-5-16)43(31,32)11-10-42-46(39,40)41;;;/h1-9,12-14H,10-11,26H2,(H,27,30)(H,33,34,35)(H,36,37,38)(H,39,40,41);;;/q;3*+1/p-3. The Kier molecular flexibility index (Phi) is 16.7. The minimum absolute atomic E-state index is 0. The molecule has 4 aromatic rings. The van der Waals surface area contributed by atoms with Crippen LogP contribution < -0.4 is 99.7 Å². The second-order valence-electron chi connectivity index (χ2n) is 9.20. The number of sulfone groups is 1. The van der Waals surface area contributed by atoms with Crippen molar-refractivity contribution in [2.45, 2.75) is 14.7 Å². The van der Waals surface area contributed by atoms with Crippen molar-refractivity contribution >= 4 is 79.9 Å². The maximum atomic E-state index is 12.8. The van der Waals surface area contributed by atoms with Crippen molar-refractivity contribution in [3.05, 3.63) is 78.4 Å². The average Bonchev–Trinajstić information content (AvgIpc) is 2.95. The van der Waals surface area contributed by atoms with E-state index in [-0.39, 0.29) is 133 Å². The molecule has 0 aliphatic rings. The predicted octanol–water partition coefficient (Wildman–Crippen LogP) is -6.84. The number of hydrogen-bond donors (Lipinski definition) is 2. The molecule has 0 fully saturated rings. The molecule has 0 aliphatic carbocycles. The van der Waals surface area contributed by atoms with Crippen LogP contribution in [0.25, 0.3) is 10.8 Å². The number of nitrogens with zero attached hydrogens (tertiary/aromatic N) is 2. The molecule has 0 bridgehead atoms. The molecule has 244 valence electrons. The van der Waals surface area contributed by atoms with E-state index in [1.165, 1.54) is 36.4 Å². The fourth-order valence-electron chi connectivity index (χ4n) is 3.96. The van der Waals surface area contributed by atoms with Crippen molar-refractivity contribution < 1.29 is 145 Å². The third-order valence-electron chi connectivity index (χ3n) is 6.08. The third-order valence-corrected chi connectivity index (χ3v) is 9.94. The predicted molar refractivity (Wildman–Crippen MR) is 157 cm³/mol. The number of azo groups is 1. The Morgan fingerprint density at radius 2 is 1.35 bits per heavy atom. The van der Waals surface area contributed by atoms with E-state index in [0.717, 1.165) is 36.4 Å². The van der Waals surface area contributed by atoms with Crippen LogP contribution in [0.5, 0.6) is 0 Å². The summed E-state index contributed by atoms with van der Waals surface area (Å²) in [5.41, 5.74) is 5.68. The van der Waals surface area contributed by atoms with Crippen molar-refractivity contribution in [1.82, 2.24) is 0 Å². The molecule has 0 saturated heterocycles. The van der Waals surface area contributed by atoms with Crippen LogP contribution in [-0.2, 0) is 44.7 Å². The minimum Gasteiger partial charge on any atom is -0.744 e. The molecule has 0 heterocycles. The van der Waals surface area contributed by atoms with E-state index in [1.807, 2.05) is 0 Å². The van der Waals surface area contributed by atoms with E-state index in [0.29, 0.717) is 0 Å². The first kappa shape index (κ1) is 45.7. The molecule has 0 aromatic heterocycles. The van der Waals surface area contributed by atoms with Crippen LogP contribution in [0.3, 0.4) is 0 Å². The van der Waals surface area contributed by atoms with Crippen LogP contribution in [0, 0.1) is 0 Å². The SMILES string of the molecule is Nc1c(N=Nc2cccc(C(=O)Nc3ccc(S(=O)(=O)CCOS(=O)(=O)[O-])cc3)c2)cc(S(=O)(=O)[O-])c2ccc(S(=O)(=O)[O-])cc12.[Na+].[Na+].[Na+]. The summed E-state index contributed by atoms with van der Waals surface area (Å²) in [4.78, 5) is 11.1. The van der Waals surface area contributed by atoms with Gasteiger partial charge in [0.25, 0.3) is 5.91 Å². The van der Waals surface area contributed by atoms with Crippen molar-refractivity contribution in [1.29, 1.82) is 0 Å². The first-order valence-electron chi connectivity index (χ1n) is 12.3. The van der Waals surface area contributed by atoms with Crippen molar-refractivity contribution in [2.75, 3.05) is 23.4 Å². The number of anilines is 2. The molecule has 0 aliphatic heterocycles. The molecule has 24 heteroatoms. The Morgan fingerprint density at radius 3 is 1.92 bits per heavy atom. The zero-order valence-corrected chi connectivity index (χ0v) is 35.0. The fraction of sp³-hybridized carbons (Fsp3) is 0.0800. The molecule has 1 amide bonds. The molecule has 0 unspecified atom stereocenters. The van der Waals surface area contributed by atoms with Crippen LogP contribution in [0.2, 0.25) is 0 Å². The number of rotatable bonds is 11. The summed E-state index contributed by atoms with van der Waals surface area (Å²) in [7, 11) is -19.2. The number of carbonyl (C=O) groups excluding carboxylic acids is 1. The van der Waals surface area contributed by atoms with Gasteiger partial charge in [0.2, 0.25) is 10.4 Å². The van der Waals surface area contributed by atoms with Crippen molar-refractivity contribution in [3.63, 3.8) is 0 Å². The molecule has 0 radical (unpaired) electrons. The van der Waals surface area contributed by atoms with Gasteiger partial charge in [-0.15, -0.1) is 5.11 Å². The summed E-state index contributed by atoms with van der Waals surface area (Å²) in [5.74, 6) is -1.46. The maximum Gasteiger partial charge on any atom is 1.00 e. The molecule has 17 nitrogen and oxygen atoms in total. The molecule has 0 saturated carbocycles. The summed E-state index contributed by atoms with van der Waals surface area (Å²) in [6, 6.07) is 13.7. The van der Waals surface area contributed by atoms with Crippen molar-refractivity contribution in [2.24, 2.45) is 10.2 Å². The van der Waals surface area contributed by atoms with Crippen LogP contribution in [0.1, 0.15) is 10.4 Å². The van der Waals surface area contributed by atoms with Crippen LogP contribution >= 0.6 is 0 Å². The average molecular weight is 781 g/mol. The number of nitrogens with two attached hydrogens (primary N) is 1. The molecule has 4 aromatic carbocycles. The largest absolute Gasteiger partial charge is 1.00 e. The fourth-order valence-corrected chi connectivity index (χ4v) is 6.64. The first-order valence-corrected chi connectivity index (χ1v) is 18.1. The Hall–Kier alpha value is -1.35. The zero-order valence-electron chi connectivity index (χ0n) is 25.8. The van der Waals surface area contributed by atoms with E-state index >= 15 is 0 Å². The number of benzene rings is 4. The summed E-state index contributed by atoms with van der Waals surface area (Å²) < 4.78 is 130. The maximum absolute atomic E-state index is 12.8. The Balaban J connectivity index is 0.00000400. The van der Waals surface area contributed by atoms with Gasteiger partial charge >= 0.3 is 88.7 Å². The molecule has 3 N–H and O–H groups in total. The van der Waals surface area contributed by atoms with Gasteiger partial charge in [-0.05, 0) is 60.7 Å².